The summed E-state index contributed by atoms with van der Waals surface area (Å²) < 4.78 is 0. The van der Waals surface area contributed by atoms with Gasteiger partial charge in [0.05, 0.1) is 12.4 Å². The van der Waals surface area contributed by atoms with Gasteiger partial charge in [-0.25, -0.2) is 0 Å². The van der Waals surface area contributed by atoms with E-state index in [0.29, 0.717) is 0 Å². The highest BCUT2D eigenvalue weighted by Gasteiger charge is 2.48. The number of anilines is 1. The summed E-state index contributed by atoms with van der Waals surface area (Å²) in [7, 11) is 2.14. The molecule has 0 N–H and O–H groups in total. The van der Waals surface area contributed by atoms with Gasteiger partial charge in [0.15, 0.2) is 0 Å². The Balaban J connectivity index is 1.81. The van der Waals surface area contributed by atoms with E-state index in [1.165, 1.54) is 59.3 Å². The van der Waals surface area contributed by atoms with Gasteiger partial charge in [0, 0.05) is 41.8 Å². The molecule has 25 heavy (non-hydrogen) atoms. The molecule has 128 valence electrons. The second-order valence-corrected chi connectivity index (χ2v) is 7.96. The molecular formula is C22H25N3. The minimum atomic E-state index is 0.118. The first-order chi connectivity index (χ1) is 12.1. The van der Waals surface area contributed by atoms with E-state index in [4.69, 9.17) is 4.98 Å². The number of hydrogen-bond donors (Lipinski definition) is 0. The van der Waals surface area contributed by atoms with E-state index in [9.17, 15) is 0 Å². The first-order valence-corrected chi connectivity index (χ1v) is 9.38. The lowest BCUT2D eigenvalue weighted by Gasteiger charge is -2.32. The van der Waals surface area contributed by atoms with Crippen LogP contribution in [0.25, 0.3) is 11.1 Å². The van der Waals surface area contributed by atoms with Crippen LogP contribution in [-0.2, 0) is 5.41 Å². The third-order valence-electron chi connectivity index (χ3n) is 6.26. The number of fused-ring (bicyclic) bond motifs is 5. The summed E-state index contributed by atoms with van der Waals surface area (Å²) in [5.41, 5.74) is 9.68. The predicted molar refractivity (Wildman–Crippen MR) is 103 cm³/mol. The topological polar surface area (TPSA) is 19.4 Å². The highest BCUT2D eigenvalue weighted by atomic mass is 15.3. The lowest BCUT2D eigenvalue weighted by molar-refractivity contribution is 0.491. The van der Waals surface area contributed by atoms with Crippen LogP contribution < -0.4 is 4.90 Å². The molecule has 5 rings (SSSR count). The van der Waals surface area contributed by atoms with Crippen LogP contribution in [0.3, 0.4) is 0 Å². The van der Waals surface area contributed by atoms with Gasteiger partial charge in [0.25, 0.3) is 0 Å². The van der Waals surface area contributed by atoms with Crippen molar-refractivity contribution in [3.8, 4) is 11.1 Å². The molecule has 1 spiro atoms. The smallest absolute Gasteiger partial charge is 0.0939 e. The van der Waals surface area contributed by atoms with Gasteiger partial charge in [-0.3, -0.25) is 4.98 Å². The number of rotatable bonds is 1. The number of nitrogens with zero attached hydrogens (tertiary/aromatic N) is 3. The van der Waals surface area contributed by atoms with Crippen LogP contribution >= 0.6 is 0 Å². The minimum absolute atomic E-state index is 0.118. The highest BCUT2D eigenvalue weighted by Crippen LogP contribution is 2.59. The van der Waals surface area contributed by atoms with Crippen molar-refractivity contribution >= 4 is 5.69 Å². The number of aryl methyl sites for hydroxylation is 2. The molecule has 0 saturated heterocycles. The Hall–Kier alpha value is -2.29. The Morgan fingerprint density at radius 3 is 2.44 bits per heavy atom. The zero-order valence-electron chi connectivity index (χ0n) is 15.3. The normalized spacial score (nSPS) is 19.8. The van der Waals surface area contributed by atoms with E-state index < -0.39 is 0 Å². The van der Waals surface area contributed by atoms with Gasteiger partial charge in [-0.05, 0) is 49.4 Å². The molecule has 0 bridgehead atoms. The summed E-state index contributed by atoms with van der Waals surface area (Å²) >= 11 is 0. The fourth-order valence-electron chi connectivity index (χ4n) is 5.17. The molecule has 1 fully saturated rings. The quantitative estimate of drug-likeness (QED) is 0.754. The van der Waals surface area contributed by atoms with E-state index in [2.05, 4.69) is 67.4 Å². The van der Waals surface area contributed by atoms with E-state index in [1.807, 2.05) is 0 Å². The fourth-order valence-corrected chi connectivity index (χ4v) is 5.17. The Morgan fingerprint density at radius 1 is 0.960 bits per heavy atom. The van der Waals surface area contributed by atoms with Crippen LogP contribution in [0, 0.1) is 13.8 Å². The largest absolute Gasteiger partial charge is 0.361 e. The van der Waals surface area contributed by atoms with Crippen molar-refractivity contribution in [1.29, 1.82) is 0 Å². The van der Waals surface area contributed by atoms with E-state index in [1.54, 1.807) is 0 Å². The third-order valence-corrected chi connectivity index (χ3v) is 6.26. The van der Waals surface area contributed by atoms with Crippen LogP contribution in [0.4, 0.5) is 5.69 Å². The number of benzene rings is 1. The van der Waals surface area contributed by atoms with Gasteiger partial charge < -0.3 is 9.80 Å². The molecule has 2 aromatic rings. The van der Waals surface area contributed by atoms with Crippen molar-refractivity contribution in [1.82, 2.24) is 9.88 Å². The second kappa shape index (κ2) is 5.10. The molecule has 1 aromatic carbocycles. The SMILES string of the molecule is Cc1ccc2c(n1)C1(CCCC1)c1c-2ccc(C)c1N1C=CN(C)C1. The summed E-state index contributed by atoms with van der Waals surface area (Å²) in [6.07, 6.45) is 9.47. The lowest BCUT2D eigenvalue weighted by Crippen LogP contribution is -2.28. The number of hydrogen-bond acceptors (Lipinski definition) is 3. The van der Waals surface area contributed by atoms with Gasteiger partial charge in [-0.2, -0.15) is 0 Å². The van der Waals surface area contributed by atoms with Gasteiger partial charge >= 0.3 is 0 Å². The average molecular weight is 331 g/mol. The summed E-state index contributed by atoms with van der Waals surface area (Å²) in [6.45, 7) is 5.30. The third kappa shape index (κ3) is 1.95. The van der Waals surface area contributed by atoms with Crippen LogP contribution in [0.1, 0.15) is 48.2 Å². The van der Waals surface area contributed by atoms with Crippen molar-refractivity contribution in [3.05, 3.63) is 59.2 Å². The fraction of sp³-hybridized carbons (Fsp3) is 0.409. The maximum Gasteiger partial charge on any atom is 0.0939 e. The van der Waals surface area contributed by atoms with E-state index >= 15 is 0 Å². The predicted octanol–water partition coefficient (Wildman–Crippen LogP) is 4.72. The minimum Gasteiger partial charge on any atom is -0.361 e. The molecule has 3 aliphatic rings. The van der Waals surface area contributed by atoms with E-state index in [0.717, 1.165) is 12.4 Å². The Morgan fingerprint density at radius 2 is 1.72 bits per heavy atom. The molecule has 1 aliphatic heterocycles. The van der Waals surface area contributed by atoms with Gasteiger partial charge in [-0.15, -0.1) is 0 Å². The zero-order chi connectivity index (χ0) is 17.2. The molecule has 1 saturated carbocycles. The molecule has 0 amide bonds. The maximum atomic E-state index is 5.07. The second-order valence-electron chi connectivity index (χ2n) is 7.96. The summed E-state index contributed by atoms with van der Waals surface area (Å²) in [4.78, 5) is 9.73. The molecule has 1 aromatic heterocycles. The maximum absolute atomic E-state index is 5.07. The molecule has 0 atom stereocenters. The first kappa shape index (κ1) is 15.0. The summed E-state index contributed by atoms with van der Waals surface area (Å²) in [5, 5.41) is 0. The Bertz CT molecular complexity index is 890. The number of pyridine rings is 1. The van der Waals surface area contributed by atoms with Crippen molar-refractivity contribution in [2.45, 2.75) is 44.9 Å². The van der Waals surface area contributed by atoms with Crippen LogP contribution in [-0.4, -0.2) is 23.6 Å². The van der Waals surface area contributed by atoms with Crippen LogP contribution in [0.5, 0.6) is 0 Å². The lowest BCUT2D eigenvalue weighted by atomic mass is 9.77. The monoisotopic (exact) mass is 331 g/mol. The molecule has 3 heteroatoms. The molecule has 2 aliphatic carbocycles. The van der Waals surface area contributed by atoms with Crippen molar-refractivity contribution < 1.29 is 0 Å². The molecule has 2 heterocycles. The van der Waals surface area contributed by atoms with Crippen molar-refractivity contribution in [2.24, 2.45) is 0 Å². The van der Waals surface area contributed by atoms with Crippen molar-refractivity contribution in [3.63, 3.8) is 0 Å². The Labute approximate surface area is 150 Å². The number of aromatic nitrogens is 1. The molecular weight excluding hydrogens is 306 g/mol. The van der Waals surface area contributed by atoms with Gasteiger partial charge in [0.1, 0.15) is 0 Å². The van der Waals surface area contributed by atoms with Gasteiger partial charge in [-0.1, -0.05) is 31.0 Å². The standard InChI is InChI=1S/C22H25N3/c1-15-6-8-17-18-9-7-16(2)23-21(18)22(10-4-5-11-22)19(17)20(15)25-13-12-24(3)14-25/h6-9,12-13H,4-5,10-11,14H2,1-3H3. The van der Waals surface area contributed by atoms with Crippen molar-refractivity contribution in [2.75, 3.05) is 18.6 Å². The average Bonchev–Trinajstić information content (AvgIpc) is 3.29. The molecule has 0 unspecified atom stereocenters. The summed E-state index contributed by atoms with van der Waals surface area (Å²) in [6, 6.07) is 9.09. The van der Waals surface area contributed by atoms with E-state index in [-0.39, 0.29) is 5.41 Å². The molecule has 0 radical (unpaired) electrons. The Kier molecular flexibility index (Phi) is 3.06. The zero-order valence-corrected chi connectivity index (χ0v) is 15.3. The molecule has 3 nitrogen and oxygen atoms in total. The van der Waals surface area contributed by atoms with Crippen LogP contribution in [0.15, 0.2) is 36.7 Å². The van der Waals surface area contributed by atoms with Crippen LogP contribution in [0.2, 0.25) is 0 Å². The summed E-state index contributed by atoms with van der Waals surface area (Å²) in [5.74, 6) is 0. The highest BCUT2D eigenvalue weighted by molar-refractivity contribution is 5.87. The van der Waals surface area contributed by atoms with Gasteiger partial charge in [0.2, 0.25) is 0 Å². The first-order valence-electron chi connectivity index (χ1n) is 9.38.